The number of aryl methyl sites for hydroxylation is 1. The maximum Gasteiger partial charge on any atom is 0.222 e. The fourth-order valence-electron chi connectivity index (χ4n) is 2.14. The minimum atomic E-state index is 0.520. The highest BCUT2D eigenvalue weighted by Gasteiger charge is 2.07. The second kappa shape index (κ2) is 5.13. The van der Waals surface area contributed by atoms with E-state index in [0.29, 0.717) is 11.4 Å². The van der Waals surface area contributed by atoms with E-state index in [2.05, 4.69) is 4.98 Å². The molecule has 3 nitrogen and oxygen atoms in total. The molecule has 3 rings (SSSR count). The number of rotatable bonds is 3. The predicted molar refractivity (Wildman–Crippen MR) is 78.4 cm³/mol. The number of pyridine rings is 1. The van der Waals surface area contributed by atoms with Crippen LogP contribution in [0.1, 0.15) is 15.9 Å². The lowest BCUT2D eigenvalue weighted by Crippen LogP contribution is -1.94. The Labute approximate surface area is 116 Å². The Morgan fingerprint density at radius 1 is 1.10 bits per heavy atom. The number of carbonyl (C=O) groups excluding carboxylic acids is 1. The van der Waals surface area contributed by atoms with E-state index >= 15 is 0 Å². The summed E-state index contributed by atoms with van der Waals surface area (Å²) >= 11 is 0. The first-order chi connectivity index (χ1) is 9.78. The zero-order chi connectivity index (χ0) is 13.9. The van der Waals surface area contributed by atoms with Crippen LogP contribution in [-0.2, 0) is 0 Å². The smallest absolute Gasteiger partial charge is 0.222 e. The molecule has 0 spiro atoms. The van der Waals surface area contributed by atoms with Crippen LogP contribution in [0.15, 0.2) is 54.7 Å². The Kier molecular flexibility index (Phi) is 3.17. The lowest BCUT2D eigenvalue weighted by molar-refractivity contribution is 0.112. The molecule has 0 aliphatic carbocycles. The third-order valence-corrected chi connectivity index (χ3v) is 3.14. The maximum absolute atomic E-state index is 10.7. The molecular formula is C17H13NO2. The molecule has 0 N–H and O–H groups in total. The number of hydrogen-bond donors (Lipinski definition) is 0. The average Bonchev–Trinajstić information content (AvgIpc) is 2.49. The second-order valence-electron chi connectivity index (χ2n) is 4.59. The van der Waals surface area contributed by atoms with Crippen molar-refractivity contribution in [2.24, 2.45) is 0 Å². The minimum absolute atomic E-state index is 0.520. The van der Waals surface area contributed by atoms with E-state index in [0.717, 1.165) is 28.4 Å². The van der Waals surface area contributed by atoms with Crippen LogP contribution in [0, 0.1) is 6.92 Å². The van der Waals surface area contributed by atoms with Gasteiger partial charge in [0.1, 0.15) is 5.75 Å². The van der Waals surface area contributed by atoms with Gasteiger partial charge in [-0.3, -0.25) is 4.79 Å². The van der Waals surface area contributed by atoms with Crippen molar-refractivity contribution in [3.63, 3.8) is 0 Å². The summed E-state index contributed by atoms with van der Waals surface area (Å²) in [6, 6.07) is 15.7. The van der Waals surface area contributed by atoms with Gasteiger partial charge >= 0.3 is 0 Å². The van der Waals surface area contributed by atoms with Gasteiger partial charge in [0, 0.05) is 22.7 Å². The lowest BCUT2D eigenvalue weighted by atomic mass is 10.1. The normalized spacial score (nSPS) is 10.4. The first kappa shape index (κ1) is 12.4. The number of ether oxygens (including phenoxy) is 1. The Balaban J connectivity index is 2.03. The van der Waals surface area contributed by atoms with Crippen LogP contribution >= 0.6 is 0 Å². The third kappa shape index (κ3) is 2.26. The van der Waals surface area contributed by atoms with E-state index in [-0.39, 0.29) is 0 Å². The molecule has 1 aromatic heterocycles. The summed E-state index contributed by atoms with van der Waals surface area (Å²) in [5.74, 6) is 1.28. The summed E-state index contributed by atoms with van der Waals surface area (Å²) in [7, 11) is 0. The molecule has 1 heterocycles. The van der Waals surface area contributed by atoms with E-state index in [9.17, 15) is 4.79 Å². The van der Waals surface area contributed by atoms with E-state index in [1.165, 1.54) is 6.20 Å². The van der Waals surface area contributed by atoms with Crippen molar-refractivity contribution in [3.8, 4) is 11.6 Å². The molecule has 0 aliphatic rings. The molecule has 2 aromatic carbocycles. The minimum Gasteiger partial charge on any atom is -0.438 e. The average molecular weight is 263 g/mol. The highest BCUT2D eigenvalue weighted by Crippen LogP contribution is 2.30. The quantitative estimate of drug-likeness (QED) is 0.666. The SMILES string of the molecule is Cc1cc(C=O)cnc1Oc1cccc2ccccc12. The van der Waals surface area contributed by atoms with Crippen LogP contribution < -0.4 is 4.74 Å². The van der Waals surface area contributed by atoms with Crippen molar-refractivity contribution in [1.82, 2.24) is 4.98 Å². The van der Waals surface area contributed by atoms with Crippen LogP contribution in [0.25, 0.3) is 10.8 Å². The number of fused-ring (bicyclic) bond motifs is 1. The van der Waals surface area contributed by atoms with Gasteiger partial charge in [-0.05, 0) is 24.4 Å². The number of carbonyl (C=O) groups is 1. The van der Waals surface area contributed by atoms with Gasteiger partial charge in [-0.2, -0.15) is 0 Å². The summed E-state index contributed by atoms with van der Waals surface area (Å²) in [5.41, 5.74) is 1.38. The zero-order valence-electron chi connectivity index (χ0n) is 11.0. The van der Waals surface area contributed by atoms with Crippen molar-refractivity contribution in [2.75, 3.05) is 0 Å². The largest absolute Gasteiger partial charge is 0.438 e. The molecule has 3 aromatic rings. The standard InChI is InChI=1S/C17H13NO2/c1-12-9-13(11-19)10-18-17(12)20-16-8-4-6-14-5-2-3-7-15(14)16/h2-11H,1H3. The monoisotopic (exact) mass is 263 g/mol. The van der Waals surface area contributed by atoms with E-state index < -0.39 is 0 Å². The molecule has 0 amide bonds. The van der Waals surface area contributed by atoms with Crippen molar-refractivity contribution in [2.45, 2.75) is 6.92 Å². The Morgan fingerprint density at radius 2 is 1.90 bits per heavy atom. The fraction of sp³-hybridized carbons (Fsp3) is 0.0588. The number of benzene rings is 2. The van der Waals surface area contributed by atoms with Gasteiger partial charge in [-0.25, -0.2) is 4.98 Å². The van der Waals surface area contributed by atoms with Crippen LogP contribution in [0.5, 0.6) is 11.6 Å². The third-order valence-electron chi connectivity index (χ3n) is 3.14. The topological polar surface area (TPSA) is 39.2 Å². The number of nitrogens with zero attached hydrogens (tertiary/aromatic N) is 1. The second-order valence-corrected chi connectivity index (χ2v) is 4.59. The van der Waals surface area contributed by atoms with Crippen LogP contribution in [0.3, 0.4) is 0 Å². The van der Waals surface area contributed by atoms with Crippen molar-refractivity contribution in [1.29, 1.82) is 0 Å². The molecule has 0 aliphatic heterocycles. The lowest BCUT2D eigenvalue weighted by Gasteiger charge is -2.10. The van der Waals surface area contributed by atoms with E-state index in [1.54, 1.807) is 6.07 Å². The van der Waals surface area contributed by atoms with Crippen molar-refractivity contribution >= 4 is 17.1 Å². The molecule has 3 heteroatoms. The Hall–Kier alpha value is -2.68. The summed E-state index contributed by atoms with van der Waals surface area (Å²) in [6.45, 7) is 1.88. The molecule has 0 saturated carbocycles. The van der Waals surface area contributed by atoms with Gasteiger partial charge in [0.25, 0.3) is 0 Å². The Morgan fingerprint density at radius 3 is 2.70 bits per heavy atom. The maximum atomic E-state index is 10.7. The van der Waals surface area contributed by atoms with Crippen molar-refractivity contribution in [3.05, 3.63) is 65.9 Å². The molecule has 0 radical (unpaired) electrons. The highest BCUT2D eigenvalue weighted by atomic mass is 16.5. The van der Waals surface area contributed by atoms with Gasteiger partial charge in [0.15, 0.2) is 6.29 Å². The highest BCUT2D eigenvalue weighted by molar-refractivity contribution is 5.88. The van der Waals surface area contributed by atoms with Gasteiger partial charge in [0.05, 0.1) is 0 Å². The van der Waals surface area contributed by atoms with Gasteiger partial charge in [0.2, 0.25) is 5.88 Å². The fourth-order valence-corrected chi connectivity index (χ4v) is 2.14. The summed E-state index contributed by atoms with van der Waals surface area (Å²) in [4.78, 5) is 14.9. The molecule has 0 unspecified atom stereocenters. The molecule has 0 atom stereocenters. The zero-order valence-corrected chi connectivity index (χ0v) is 11.0. The number of aldehydes is 1. The summed E-state index contributed by atoms with van der Waals surface area (Å²) < 4.78 is 5.89. The molecule has 0 fully saturated rings. The molecule has 20 heavy (non-hydrogen) atoms. The predicted octanol–water partition coefficient (Wildman–Crippen LogP) is 4.15. The molecule has 0 bridgehead atoms. The van der Waals surface area contributed by atoms with Crippen molar-refractivity contribution < 1.29 is 9.53 Å². The molecule has 0 saturated heterocycles. The van der Waals surface area contributed by atoms with Gasteiger partial charge in [-0.1, -0.05) is 36.4 Å². The first-order valence-corrected chi connectivity index (χ1v) is 6.35. The number of hydrogen-bond acceptors (Lipinski definition) is 3. The molecule has 98 valence electrons. The first-order valence-electron chi connectivity index (χ1n) is 6.35. The summed E-state index contributed by atoms with van der Waals surface area (Å²) in [5, 5.41) is 2.16. The van der Waals surface area contributed by atoms with E-state index in [1.807, 2.05) is 49.4 Å². The van der Waals surface area contributed by atoms with E-state index in [4.69, 9.17) is 4.74 Å². The van der Waals surface area contributed by atoms with Crippen LogP contribution in [0.2, 0.25) is 0 Å². The molecular weight excluding hydrogens is 250 g/mol. The van der Waals surface area contributed by atoms with Crippen LogP contribution in [-0.4, -0.2) is 11.3 Å². The van der Waals surface area contributed by atoms with Gasteiger partial charge < -0.3 is 4.74 Å². The number of aromatic nitrogens is 1. The van der Waals surface area contributed by atoms with Gasteiger partial charge in [-0.15, -0.1) is 0 Å². The summed E-state index contributed by atoms with van der Waals surface area (Å²) in [6.07, 6.45) is 2.29. The van der Waals surface area contributed by atoms with Crippen LogP contribution in [0.4, 0.5) is 0 Å². The Bertz CT molecular complexity index is 776.